The van der Waals surface area contributed by atoms with Crippen molar-refractivity contribution in [1.82, 2.24) is 29.5 Å². The van der Waals surface area contributed by atoms with Crippen LogP contribution in [-0.4, -0.2) is 86.9 Å². The number of hydrogen-bond donors (Lipinski definition) is 1. The summed E-state index contributed by atoms with van der Waals surface area (Å²) in [7, 11) is 1.48. The summed E-state index contributed by atoms with van der Waals surface area (Å²) in [5.74, 6) is -1.29. The first-order valence-corrected chi connectivity index (χ1v) is 20.0. The average molecular weight is 808 g/mol. The van der Waals surface area contributed by atoms with Crippen LogP contribution in [0.25, 0.3) is 32.1 Å². The second-order valence-corrected chi connectivity index (χ2v) is 17.1. The molecule has 1 amide bonds. The molecule has 5 aromatic rings. The predicted octanol–water partition coefficient (Wildman–Crippen LogP) is 7.71. The van der Waals surface area contributed by atoms with Crippen LogP contribution in [0.4, 0.5) is 28.4 Å². The summed E-state index contributed by atoms with van der Waals surface area (Å²) in [6.07, 6.45) is 3.80. The fourth-order valence-electron chi connectivity index (χ4n) is 9.55. The van der Waals surface area contributed by atoms with Crippen LogP contribution in [-0.2, 0) is 7.05 Å². The molecule has 0 atom stereocenters. The molecule has 1 spiro atoms. The number of nitrogen functional groups attached to an aromatic ring is 1. The number of nitrogens with zero attached hydrogens (tertiary/aromatic N) is 8. The van der Waals surface area contributed by atoms with Crippen LogP contribution < -0.4 is 15.4 Å². The number of alkyl halides is 2. The molecule has 56 heavy (non-hydrogen) atoms. The summed E-state index contributed by atoms with van der Waals surface area (Å²) in [5, 5.41) is 14.4. The number of ether oxygens (including phenoxy) is 1. The summed E-state index contributed by atoms with van der Waals surface area (Å²) >= 11 is 7.88. The maximum absolute atomic E-state index is 17.3. The van der Waals surface area contributed by atoms with E-state index in [4.69, 9.17) is 27.1 Å². The molecule has 2 N–H and O–H groups in total. The predicted molar refractivity (Wildman–Crippen MR) is 205 cm³/mol. The van der Waals surface area contributed by atoms with Gasteiger partial charge in [0, 0.05) is 55.0 Å². The van der Waals surface area contributed by atoms with Crippen molar-refractivity contribution in [2.24, 2.45) is 12.5 Å². The number of nitrogens with two attached hydrogens (primary N) is 1. The molecule has 4 aliphatic heterocycles. The molecule has 0 unspecified atom stereocenters. The third kappa shape index (κ3) is 5.92. The smallest absolute Gasteiger partial charge is 0.319 e. The third-order valence-corrected chi connectivity index (χ3v) is 13.5. The Bertz CT molecular complexity index is 2450. The van der Waals surface area contributed by atoms with Crippen molar-refractivity contribution in [2.45, 2.75) is 56.9 Å². The lowest BCUT2D eigenvalue weighted by Crippen LogP contribution is -2.62. The van der Waals surface area contributed by atoms with Crippen molar-refractivity contribution in [1.29, 1.82) is 5.26 Å². The number of aromatic nitrogens is 4. The van der Waals surface area contributed by atoms with Gasteiger partial charge in [0.1, 0.15) is 46.2 Å². The zero-order chi connectivity index (χ0) is 39.1. The minimum Gasteiger partial charge on any atom is -0.461 e. The van der Waals surface area contributed by atoms with Crippen LogP contribution in [0.5, 0.6) is 6.01 Å². The van der Waals surface area contributed by atoms with Crippen LogP contribution in [0.1, 0.15) is 73.1 Å². The largest absolute Gasteiger partial charge is 0.461 e. The van der Waals surface area contributed by atoms with Gasteiger partial charge in [-0.25, -0.2) is 17.6 Å². The van der Waals surface area contributed by atoms with Gasteiger partial charge in [0.15, 0.2) is 5.82 Å². The number of carbonyl (C=O) groups excluding carboxylic acids is 1. The van der Waals surface area contributed by atoms with Crippen LogP contribution in [0.3, 0.4) is 0 Å². The maximum atomic E-state index is 17.3. The van der Waals surface area contributed by atoms with Crippen molar-refractivity contribution in [3.8, 4) is 23.2 Å². The van der Waals surface area contributed by atoms with E-state index in [2.05, 4.69) is 19.9 Å². The molecular formula is C39H38ClF4N9O2S. The van der Waals surface area contributed by atoms with E-state index < -0.39 is 23.8 Å². The van der Waals surface area contributed by atoms with Crippen molar-refractivity contribution in [3.63, 3.8) is 0 Å². The second-order valence-electron chi connectivity index (χ2n) is 15.7. The van der Waals surface area contributed by atoms with E-state index in [0.717, 1.165) is 75.4 Å². The molecule has 4 saturated heterocycles. The number of anilines is 2. The topological polar surface area (TPSA) is 129 Å². The first-order chi connectivity index (χ1) is 26.9. The number of hydrogen-bond acceptors (Lipinski definition) is 10. The Morgan fingerprint density at radius 2 is 1.84 bits per heavy atom. The highest BCUT2D eigenvalue weighted by molar-refractivity contribution is 7.23. The maximum Gasteiger partial charge on any atom is 0.319 e. The molecule has 0 aliphatic carbocycles. The molecule has 2 aromatic carbocycles. The van der Waals surface area contributed by atoms with Crippen molar-refractivity contribution in [2.75, 3.05) is 56.5 Å². The first kappa shape index (κ1) is 36.9. The summed E-state index contributed by atoms with van der Waals surface area (Å²) in [6.45, 7) is 4.19. The van der Waals surface area contributed by atoms with Gasteiger partial charge in [-0.2, -0.15) is 20.3 Å². The van der Waals surface area contributed by atoms with E-state index >= 15 is 8.78 Å². The zero-order valence-corrected chi connectivity index (χ0v) is 32.1. The van der Waals surface area contributed by atoms with Crippen molar-refractivity contribution in [3.05, 3.63) is 57.9 Å². The molecule has 0 radical (unpaired) electrons. The van der Waals surface area contributed by atoms with E-state index in [1.54, 1.807) is 11.0 Å². The van der Waals surface area contributed by atoms with Gasteiger partial charge in [-0.3, -0.25) is 14.4 Å². The molecule has 3 aromatic heterocycles. The second kappa shape index (κ2) is 13.7. The first-order valence-electron chi connectivity index (χ1n) is 18.8. The zero-order valence-electron chi connectivity index (χ0n) is 30.6. The number of aryl methyl sites for hydroxylation is 1. The molecule has 17 heteroatoms. The minimum absolute atomic E-state index is 0.0179. The van der Waals surface area contributed by atoms with Crippen LogP contribution >= 0.6 is 22.9 Å². The molecule has 292 valence electrons. The molecule has 4 aliphatic rings. The van der Waals surface area contributed by atoms with Crippen molar-refractivity contribution < 1.29 is 27.1 Å². The molecule has 9 rings (SSSR count). The Labute approximate surface area is 328 Å². The van der Waals surface area contributed by atoms with Gasteiger partial charge in [0.2, 0.25) is 0 Å². The van der Waals surface area contributed by atoms with E-state index in [1.807, 2.05) is 6.07 Å². The van der Waals surface area contributed by atoms with Gasteiger partial charge in [-0.15, -0.1) is 11.3 Å². The van der Waals surface area contributed by atoms with Crippen LogP contribution in [0.2, 0.25) is 5.02 Å². The third-order valence-electron chi connectivity index (χ3n) is 12.2. The molecule has 0 saturated carbocycles. The molecule has 11 nitrogen and oxygen atoms in total. The highest BCUT2D eigenvalue weighted by Crippen LogP contribution is 2.47. The molecule has 0 bridgehead atoms. The lowest BCUT2D eigenvalue weighted by atomic mass is 9.75. The number of benzene rings is 2. The van der Waals surface area contributed by atoms with Crippen LogP contribution in [0.15, 0.2) is 24.3 Å². The van der Waals surface area contributed by atoms with Gasteiger partial charge in [-0.1, -0.05) is 24.1 Å². The molecular weight excluding hydrogens is 770 g/mol. The Morgan fingerprint density at radius 1 is 1.07 bits per heavy atom. The highest BCUT2D eigenvalue weighted by Gasteiger charge is 2.48. The van der Waals surface area contributed by atoms with Gasteiger partial charge in [0.25, 0.3) is 12.3 Å². The van der Waals surface area contributed by atoms with Gasteiger partial charge >= 0.3 is 6.01 Å². The average Bonchev–Trinajstić information content (AvgIpc) is 3.89. The fourth-order valence-corrected chi connectivity index (χ4v) is 10.8. The normalized spacial score (nSPS) is 19.2. The Balaban J connectivity index is 1.11. The lowest BCUT2D eigenvalue weighted by molar-refractivity contribution is 0.00555. The number of amides is 1. The van der Waals surface area contributed by atoms with E-state index in [1.165, 1.54) is 23.9 Å². The number of nitriles is 1. The minimum atomic E-state index is -2.79. The van der Waals surface area contributed by atoms with Crippen molar-refractivity contribution >= 4 is 60.7 Å². The Kier molecular flexibility index (Phi) is 9.05. The van der Waals surface area contributed by atoms with Gasteiger partial charge in [-0.05, 0) is 75.4 Å². The number of rotatable bonds is 7. The molecule has 4 fully saturated rings. The SMILES string of the molecule is Cn1nc(C(F)F)cc1C(=O)N1CC2(CCCCN(c3nc(OCC45CCCN4CCC5)nc4c(F)c(-c5ccc(F)c6sc(N)c(C#N)c56)c(Cl)cc34)C2)C1. The summed E-state index contributed by atoms with van der Waals surface area (Å²) in [5.41, 5.74) is 5.47. The van der Waals surface area contributed by atoms with E-state index in [-0.39, 0.29) is 70.9 Å². The summed E-state index contributed by atoms with van der Waals surface area (Å²) in [6, 6.07) is 7.41. The Hall–Kier alpha value is -4.72. The summed E-state index contributed by atoms with van der Waals surface area (Å²) in [4.78, 5) is 29.3. The number of carbonyl (C=O) groups is 1. The van der Waals surface area contributed by atoms with E-state index in [0.29, 0.717) is 44.0 Å². The number of likely N-dealkylation sites (tertiary alicyclic amines) is 1. The monoisotopic (exact) mass is 807 g/mol. The Morgan fingerprint density at radius 3 is 2.55 bits per heavy atom. The highest BCUT2D eigenvalue weighted by atomic mass is 35.5. The quantitative estimate of drug-likeness (QED) is 0.165. The molecule has 7 heterocycles. The standard InChI is InChI=1S/C39H38ClF4N9O2S/c1-50-27(15-26(49-50)33(43)44)36(54)52-18-38(19-52)8-2-3-11-51(17-38)35-22-14-24(40)29(21-6-7-25(41)32-28(21)23(16-45)34(46)56-32)30(42)31(22)47-37(48-35)55-20-39-9-4-12-53(39)13-5-10-39/h6-7,14-15,33H,2-5,8-13,17-20,46H2,1H3. The summed E-state index contributed by atoms with van der Waals surface area (Å²) < 4.78 is 66.8. The fraction of sp³-hybridized carbons (Fsp3) is 0.462. The number of fused-ring (bicyclic) bond motifs is 3. The lowest BCUT2D eigenvalue weighted by Gasteiger charge is -2.51. The van der Waals surface area contributed by atoms with Gasteiger partial charge in [0.05, 0.1) is 20.8 Å². The number of thiophene rings is 1. The number of halogens is 5. The van der Waals surface area contributed by atoms with Gasteiger partial charge < -0.3 is 20.3 Å². The van der Waals surface area contributed by atoms with E-state index in [9.17, 15) is 18.8 Å². The van der Waals surface area contributed by atoms with Crippen LogP contribution in [0, 0.1) is 28.4 Å².